The molecule has 2 rings (SSSR count). The Kier molecular flexibility index (Phi) is 8.55. The monoisotopic (exact) mass is 403 g/mol. The van der Waals surface area contributed by atoms with E-state index in [1.807, 2.05) is 19.9 Å². The van der Waals surface area contributed by atoms with Gasteiger partial charge in [-0.3, -0.25) is 4.79 Å². The highest BCUT2D eigenvalue weighted by molar-refractivity contribution is 5.90. The van der Waals surface area contributed by atoms with Gasteiger partial charge in [0.05, 0.1) is 13.2 Å². The van der Waals surface area contributed by atoms with Crippen LogP contribution in [0.3, 0.4) is 0 Å². The second-order valence-corrected chi connectivity index (χ2v) is 7.87. The quantitative estimate of drug-likeness (QED) is 0.522. The first-order valence-corrected chi connectivity index (χ1v) is 10.3. The van der Waals surface area contributed by atoms with Gasteiger partial charge < -0.3 is 19.5 Å². The molecular weight excluding hydrogens is 370 g/mol. The lowest BCUT2D eigenvalue weighted by molar-refractivity contribution is -0.150. The van der Waals surface area contributed by atoms with Gasteiger partial charge >= 0.3 is 5.97 Å². The van der Waals surface area contributed by atoms with E-state index in [9.17, 15) is 9.59 Å². The first kappa shape index (κ1) is 22.8. The molecule has 0 unspecified atom stereocenters. The van der Waals surface area contributed by atoms with E-state index in [4.69, 9.17) is 14.2 Å². The minimum atomic E-state index is -0.836. The summed E-state index contributed by atoms with van der Waals surface area (Å²) in [6, 6.07) is 5.56. The van der Waals surface area contributed by atoms with Crippen LogP contribution >= 0.6 is 0 Å². The van der Waals surface area contributed by atoms with E-state index >= 15 is 0 Å². The number of amides is 1. The molecule has 1 amide bonds. The predicted molar refractivity (Wildman–Crippen MR) is 113 cm³/mol. The van der Waals surface area contributed by atoms with Crippen molar-refractivity contribution in [1.82, 2.24) is 5.32 Å². The third-order valence-electron chi connectivity index (χ3n) is 5.06. The topological polar surface area (TPSA) is 73.9 Å². The highest BCUT2D eigenvalue weighted by Gasteiger charge is 2.25. The summed E-state index contributed by atoms with van der Waals surface area (Å²) in [7, 11) is 1.57. The van der Waals surface area contributed by atoms with E-state index in [0.29, 0.717) is 17.4 Å². The Morgan fingerprint density at radius 2 is 1.86 bits per heavy atom. The van der Waals surface area contributed by atoms with Crippen molar-refractivity contribution in [3.05, 3.63) is 29.8 Å². The van der Waals surface area contributed by atoms with Crippen molar-refractivity contribution in [2.45, 2.75) is 71.6 Å². The number of esters is 1. The van der Waals surface area contributed by atoms with Crippen LogP contribution in [0.1, 0.15) is 58.9 Å². The van der Waals surface area contributed by atoms with Gasteiger partial charge in [0.25, 0.3) is 5.91 Å². The number of hydrogen-bond acceptors (Lipinski definition) is 5. The van der Waals surface area contributed by atoms with Gasteiger partial charge in [0.2, 0.25) is 0 Å². The average Bonchev–Trinajstić information content (AvgIpc) is 2.68. The van der Waals surface area contributed by atoms with Crippen LogP contribution in [0, 0.1) is 5.92 Å². The smallest absolute Gasteiger partial charge is 0.331 e. The van der Waals surface area contributed by atoms with Crippen LogP contribution in [0.25, 0.3) is 6.08 Å². The predicted octanol–water partition coefficient (Wildman–Crippen LogP) is 4.12. The molecule has 0 aromatic heterocycles. The van der Waals surface area contributed by atoms with Gasteiger partial charge in [-0.2, -0.15) is 0 Å². The maximum atomic E-state index is 12.3. The van der Waals surface area contributed by atoms with Gasteiger partial charge in [-0.1, -0.05) is 25.8 Å². The fraction of sp³-hybridized carbons (Fsp3) is 0.565. The van der Waals surface area contributed by atoms with E-state index < -0.39 is 12.1 Å². The van der Waals surface area contributed by atoms with Crippen LogP contribution < -0.4 is 14.8 Å². The van der Waals surface area contributed by atoms with Crippen molar-refractivity contribution in [2.75, 3.05) is 7.11 Å². The van der Waals surface area contributed by atoms with E-state index in [1.165, 1.54) is 12.5 Å². The molecule has 1 aliphatic carbocycles. The highest BCUT2D eigenvalue weighted by Crippen LogP contribution is 2.29. The SMILES string of the molecule is COc1cc(/C=C/C(=O)O[C@H](C)C(=O)N[C@@H]2CCCC[C@H]2C)ccc1OC(C)C. The molecule has 1 aromatic rings. The number of hydrogen-bond donors (Lipinski definition) is 1. The Morgan fingerprint density at radius 1 is 1.14 bits per heavy atom. The molecule has 0 saturated heterocycles. The summed E-state index contributed by atoms with van der Waals surface area (Å²) in [6.07, 6.45) is 6.55. The summed E-state index contributed by atoms with van der Waals surface area (Å²) in [4.78, 5) is 24.4. The average molecular weight is 404 g/mol. The zero-order valence-electron chi connectivity index (χ0n) is 18.1. The van der Waals surface area contributed by atoms with Crippen LogP contribution in [0.15, 0.2) is 24.3 Å². The maximum Gasteiger partial charge on any atom is 0.331 e. The largest absolute Gasteiger partial charge is 0.493 e. The molecule has 0 heterocycles. The Hall–Kier alpha value is -2.50. The first-order chi connectivity index (χ1) is 13.8. The van der Waals surface area contributed by atoms with Gasteiger partial charge in [-0.25, -0.2) is 4.79 Å². The van der Waals surface area contributed by atoms with Gasteiger partial charge in [0, 0.05) is 12.1 Å². The van der Waals surface area contributed by atoms with Crippen LogP contribution in [-0.2, 0) is 14.3 Å². The zero-order valence-corrected chi connectivity index (χ0v) is 18.1. The summed E-state index contributed by atoms with van der Waals surface area (Å²) in [6.45, 7) is 7.62. The lowest BCUT2D eigenvalue weighted by atomic mass is 9.86. The van der Waals surface area contributed by atoms with E-state index in [-0.39, 0.29) is 18.1 Å². The fourth-order valence-electron chi connectivity index (χ4n) is 3.40. The molecule has 1 N–H and O–H groups in total. The Balaban J connectivity index is 1.90. The molecule has 0 radical (unpaired) electrons. The van der Waals surface area contributed by atoms with Crippen molar-refractivity contribution in [3.63, 3.8) is 0 Å². The number of ether oxygens (including phenoxy) is 3. The number of nitrogens with one attached hydrogen (secondary N) is 1. The number of rotatable bonds is 8. The van der Waals surface area contributed by atoms with E-state index in [0.717, 1.165) is 24.8 Å². The van der Waals surface area contributed by atoms with Gasteiger partial charge in [0.1, 0.15) is 0 Å². The minimum Gasteiger partial charge on any atom is -0.493 e. The molecule has 160 valence electrons. The standard InChI is InChI=1S/C23H33NO5/c1-15(2)28-20-12-10-18(14-21(20)27-5)11-13-22(25)29-17(4)23(26)24-19-9-7-6-8-16(19)3/h10-17,19H,6-9H2,1-5H3,(H,24,26)/b13-11+/t16-,17-,19-/m1/s1. The van der Waals surface area contributed by atoms with Crippen molar-refractivity contribution in [1.29, 1.82) is 0 Å². The molecule has 3 atom stereocenters. The summed E-state index contributed by atoms with van der Waals surface area (Å²) >= 11 is 0. The molecule has 0 bridgehead atoms. The third-order valence-corrected chi connectivity index (χ3v) is 5.06. The fourth-order valence-corrected chi connectivity index (χ4v) is 3.40. The second-order valence-electron chi connectivity index (χ2n) is 7.87. The van der Waals surface area contributed by atoms with Crippen LogP contribution in [0.5, 0.6) is 11.5 Å². The van der Waals surface area contributed by atoms with Gasteiger partial charge in [-0.05, 0) is 63.3 Å². The van der Waals surface area contributed by atoms with Gasteiger partial charge in [0.15, 0.2) is 17.6 Å². The second kappa shape index (κ2) is 10.9. The Bertz CT molecular complexity index is 728. The molecule has 1 aromatic carbocycles. The Morgan fingerprint density at radius 3 is 2.52 bits per heavy atom. The third kappa shape index (κ3) is 7.11. The summed E-state index contributed by atoms with van der Waals surface area (Å²) in [5.41, 5.74) is 0.767. The summed E-state index contributed by atoms with van der Waals surface area (Å²) < 4.78 is 16.3. The van der Waals surface area contributed by atoms with Crippen LogP contribution in [0.2, 0.25) is 0 Å². The summed E-state index contributed by atoms with van der Waals surface area (Å²) in [5.74, 6) is 0.870. The molecule has 1 saturated carbocycles. The summed E-state index contributed by atoms with van der Waals surface area (Å²) in [5, 5.41) is 3.01. The molecule has 0 aliphatic heterocycles. The number of carbonyl (C=O) groups is 2. The molecule has 0 spiro atoms. The number of methoxy groups -OCH3 is 1. The Labute approximate surface area is 173 Å². The lowest BCUT2D eigenvalue weighted by Crippen LogP contribution is -2.45. The van der Waals surface area contributed by atoms with Crippen LogP contribution in [-0.4, -0.2) is 37.2 Å². The lowest BCUT2D eigenvalue weighted by Gasteiger charge is -2.30. The maximum absolute atomic E-state index is 12.3. The van der Waals surface area contributed by atoms with Crippen LogP contribution in [0.4, 0.5) is 0 Å². The minimum absolute atomic E-state index is 0.0319. The van der Waals surface area contributed by atoms with Gasteiger partial charge in [-0.15, -0.1) is 0 Å². The number of carbonyl (C=O) groups excluding carboxylic acids is 2. The van der Waals surface area contributed by atoms with Crippen molar-refractivity contribution in [2.24, 2.45) is 5.92 Å². The van der Waals surface area contributed by atoms with E-state index in [1.54, 1.807) is 32.2 Å². The molecule has 6 nitrogen and oxygen atoms in total. The normalized spacial score (nSPS) is 20.3. The molecule has 1 aliphatic rings. The zero-order chi connectivity index (χ0) is 21.4. The first-order valence-electron chi connectivity index (χ1n) is 10.3. The molecule has 6 heteroatoms. The van der Waals surface area contributed by atoms with Crippen molar-refractivity contribution >= 4 is 18.0 Å². The molecular formula is C23H33NO5. The van der Waals surface area contributed by atoms with E-state index in [2.05, 4.69) is 12.2 Å². The molecule has 29 heavy (non-hydrogen) atoms. The molecule has 1 fully saturated rings. The van der Waals surface area contributed by atoms with Crippen molar-refractivity contribution in [3.8, 4) is 11.5 Å². The number of benzene rings is 1. The van der Waals surface area contributed by atoms with Crippen molar-refractivity contribution < 1.29 is 23.8 Å². The highest BCUT2D eigenvalue weighted by atomic mass is 16.5.